The molecule has 6 heteroatoms. The molecule has 1 fully saturated rings. The van der Waals surface area contributed by atoms with Crippen LogP contribution in [0.5, 0.6) is 0 Å². The molecular weight excluding hydrogens is 318 g/mol. The Morgan fingerprint density at radius 3 is 2.88 bits per heavy atom. The summed E-state index contributed by atoms with van der Waals surface area (Å²) in [6, 6.07) is 3.91. The number of aliphatic imine (C=N–C) groups is 1. The number of furan rings is 1. The van der Waals surface area contributed by atoms with E-state index in [9.17, 15) is 0 Å². The van der Waals surface area contributed by atoms with E-state index in [2.05, 4.69) is 22.5 Å². The lowest BCUT2D eigenvalue weighted by molar-refractivity contribution is 0.0203. The molecule has 0 atom stereocenters. The molecule has 0 unspecified atom stereocenters. The molecule has 0 saturated carbocycles. The molecule has 1 aromatic heterocycles. The zero-order chi connectivity index (χ0) is 17.6. The van der Waals surface area contributed by atoms with E-state index in [4.69, 9.17) is 13.9 Å². The lowest BCUT2D eigenvalue weighted by Gasteiger charge is -2.21. The fourth-order valence-electron chi connectivity index (χ4n) is 2.70. The van der Waals surface area contributed by atoms with Crippen molar-refractivity contribution in [2.24, 2.45) is 10.9 Å². The van der Waals surface area contributed by atoms with Gasteiger partial charge in [-0.05, 0) is 43.7 Å². The number of hydrogen-bond donors (Lipinski definition) is 2. The van der Waals surface area contributed by atoms with Crippen LogP contribution in [0.25, 0.3) is 0 Å². The predicted molar refractivity (Wildman–Crippen MR) is 100.0 cm³/mol. The molecule has 0 radical (unpaired) electrons. The maximum absolute atomic E-state index is 5.80. The van der Waals surface area contributed by atoms with E-state index in [1.54, 1.807) is 6.26 Å². The first-order valence-corrected chi connectivity index (χ1v) is 9.58. The molecule has 1 saturated heterocycles. The molecule has 2 rings (SSSR count). The summed E-state index contributed by atoms with van der Waals surface area (Å²) in [5.41, 5.74) is 0. The van der Waals surface area contributed by atoms with Crippen molar-refractivity contribution in [3.8, 4) is 0 Å². The standard InChI is InChI=1S/C19H33N3O3/c1-2-9-20-19(22-11-6-18-5-3-13-25-18)21-10-4-12-24-16-17-7-14-23-15-8-17/h3,5,13,17H,2,4,6-12,14-16H2,1H3,(H2,20,21,22). The average Bonchev–Trinajstić information content (AvgIpc) is 3.16. The third-order valence-electron chi connectivity index (χ3n) is 4.19. The van der Waals surface area contributed by atoms with E-state index >= 15 is 0 Å². The van der Waals surface area contributed by atoms with Crippen LogP contribution in [-0.4, -0.2) is 52.0 Å². The molecular formula is C19H33N3O3. The van der Waals surface area contributed by atoms with E-state index in [1.807, 2.05) is 12.1 Å². The Kier molecular flexibility index (Phi) is 10.1. The van der Waals surface area contributed by atoms with Crippen molar-refractivity contribution in [3.05, 3.63) is 24.2 Å². The number of hydrogen-bond acceptors (Lipinski definition) is 4. The van der Waals surface area contributed by atoms with Crippen LogP contribution in [0.4, 0.5) is 0 Å². The number of nitrogens with zero attached hydrogens (tertiary/aromatic N) is 1. The molecule has 2 heterocycles. The van der Waals surface area contributed by atoms with E-state index in [1.165, 1.54) is 0 Å². The predicted octanol–water partition coefficient (Wildman–Crippen LogP) is 2.60. The van der Waals surface area contributed by atoms with E-state index in [0.29, 0.717) is 5.92 Å². The first-order valence-electron chi connectivity index (χ1n) is 9.58. The monoisotopic (exact) mass is 351 g/mol. The fourth-order valence-corrected chi connectivity index (χ4v) is 2.70. The molecule has 0 aromatic carbocycles. The highest BCUT2D eigenvalue weighted by atomic mass is 16.5. The van der Waals surface area contributed by atoms with Gasteiger partial charge in [-0.2, -0.15) is 0 Å². The molecule has 1 aliphatic heterocycles. The largest absolute Gasteiger partial charge is 0.469 e. The lowest BCUT2D eigenvalue weighted by Crippen LogP contribution is -2.39. The Bertz CT molecular complexity index is 456. The summed E-state index contributed by atoms with van der Waals surface area (Å²) in [4.78, 5) is 4.56. The Labute approximate surface area is 151 Å². The molecule has 0 amide bonds. The highest BCUT2D eigenvalue weighted by molar-refractivity contribution is 5.79. The number of rotatable bonds is 11. The van der Waals surface area contributed by atoms with Crippen LogP contribution in [-0.2, 0) is 15.9 Å². The van der Waals surface area contributed by atoms with Gasteiger partial charge in [-0.1, -0.05) is 6.92 Å². The first-order chi connectivity index (χ1) is 12.4. The van der Waals surface area contributed by atoms with Crippen LogP contribution in [0.2, 0.25) is 0 Å². The minimum atomic E-state index is 0.673. The van der Waals surface area contributed by atoms with Crippen molar-refractivity contribution in [2.75, 3.05) is 46.1 Å². The first kappa shape index (κ1) is 19.8. The average molecular weight is 351 g/mol. The molecule has 0 spiro atoms. The Morgan fingerprint density at radius 1 is 1.28 bits per heavy atom. The van der Waals surface area contributed by atoms with Gasteiger partial charge in [-0.3, -0.25) is 4.99 Å². The summed E-state index contributed by atoms with van der Waals surface area (Å²) >= 11 is 0. The van der Waals surface area contributed by atoms with Crippen LogP contribution in [0.15, 0.2) is 27.8 Å². The summed E-state index contributed by atoms with van der Waals surface area (Å²) < 4.78 is 16.5. The van der Waals surface area contributed by atoms with Gasteiger partial charge in [-0.15, -0.1) is 0 Å². The number of ether oxygens (including phenoxy) is 2. The molecule has 0 aliphatic carbocycles. The van der Waals surface area contributed by atoms with Crippen LogP contribution >= 0.6 is 0 Å². The van der Waals surface area contributed by atoms with E-state index in [0.717, 1.165) is 89.9 Å². The Hall–Kier alpha value is -1.53. The SMILES string of the molecule is CCCN=C(NCCCOCC1CCOCC1)NCCc1ccco1. The van der Waals surface area contributed by atoms with E-state index in [-0.39, 0.29) is 0 Å². The summed E-state index contributed by atoms with van der Waals surface area (Å²) in [5, 5.41) is 6.74. The number of guanidine groups is 1. The minimum Gasteiger partial charge on any atom is -0.469 e. The van der Waals surface area contributed by atoms with Crippen LogP contribution < -0.4 is 10.6 Å². The molecule has 0 bridgehead atoms. The van der Waals surface area contributed by atoms with Crippen LogP contribution in [0.3, 0.4) is 0 Å². The second kappa shape index (κ2) is 12.8. The summed E-state index contributed by atoms with van der Waals surface area (Å²) in [6.45, 7) is 8.06. The smallest absolute Gasteiger partial charge is 0.191 e. The summed E-state index contributed by atoms with van der Waals surface area (Å²) in [7, 11) is 0. The van der Waals surface area contributed by atoms with Crippen molar-refractivity contribution in [3.63, 3.8) is 0 Å². The normalized spacial score (nSPS) is 16.1. The zero-order valence-corrected chi connectivity index (χ0v) is 15.5. The van der Waals surface area contributed by atoms with Crippen molar-refractivity contribution in [1.29, 1.82) is 0 Å². The second-order valence-electron chi connectivity index (χ2n) is 6.40. The van der Waals surface area contributed by atoms with Gasteiger partial charge in [0.05, 0.1) is 6.26 Å². The maximum Gasteiger partial charge on any atom is 0.191 e. The quantitative estimate of drug-likeness (QED) is 0.364. The highest BCUT2D eigenvalue weighted by Gasteiger charge is 2.13. The Morgan fingerprint density at radius 2 is 2.12 bits per heavy atom. The third-order valence-corrected chi connectivity index (χ3v) is 4.19. The lowest BCUT2D eigenvalue weighted by atomic mass is 10.0. The molecule has 1 aliphatic rings. The molecule has 142 valence electrons. The number of nitrogens with one attached hydrogen (secondary N) is 2. The summed E-state index contributed by atoms with van der Waals surface area (Å²) in [5.74, 6) is 2.54. The van der Waals surface area contributed by atoms with Gasteiger partial charge in [0.1, 0.15) is 5.76 Å². The van der Waals surface area contributed by atoms with Gasteiger partial charge >= 0.3 is 0 Å². The Balaban J connectivity index is 1.54. The van der Waals surface area contributed by atoms with Gasteiger partial charge in [0.15, 0.2) is 5.96 Å². The van der Waals surface area contributed by atoms with Gasteiger partial charge in [0.25, 0.3) is 0 Å². The minimum absolute atomic E-state index is 0.673. The topological polar surface area (TPSA) is 68.0 Å². The third kappa shape index (κ3) is 8.93. The van der Waals surface area contributed by atoms with Gasteiger partial charge in [-0.25, -0.2) is 0 Å². The summed E-state index contributed by atoms with van der Waals surface area (Å²) in [6.07, 6.45) is 6.85. The fraction of sp³-hybridized carbons (Fsp3) is 0.737. The van der Waals surface area contributed by atoms with Crippen molar-refractivity contribution in [2.45, 2.75) is 39.0 Å². The van der Waals surface area contributed by atoms with Gasteiger partial charge in [0, 0.05) is 52.5 Å². The zero-order valence-electron chi connectivity index (χ0n) is 15.5. The van der Waals surface area contributed by atoms with Crippen LogP contribution in [0.1, 0.15) is 38.4 Å². The van der Waals surface area contributed by atoms with Crippen molar-refractivity contribution < 1.29 is 13.9 Å². The second-order valence-corrected chi connectivity index (χ2v) is 6.40. The molecule has 2 N–H and O–H groups in total. The van der Waals surface area contributed by atoms with Gasteiger partial charge < -0.3 is 24.5 Å². The van der Waals surface area contributed by atoms with Gasteiger partial charge in [0.2, 0.25) is 0 Å². The van der Waals surface area contributed by atoms with E-state index < -0.39 is 0 Å². The molecule has 25 heavy (non-hydrogen) atoms. The van der Waals surface area contributed by atoms with Crippen molar-refractivity contribution in [1.82, 2.24) is 10.6 Å². The highest BCUT2D eigenvalue weighted by Crippen LogP contribution is 2.14. The molecule has 1 aromatic rings. The van der Waals surface area contributed by atoms with Crippen molar-refractivity contribution >= 4 is 5.96 Å². The van der Waals surface area contributed by atoms with Crippen LogP contribution in [0, 0.1) is 5.92 Å². The molecule has 6 nitrogen and oxygen atoms in total. The maximum atomic E-state index is 5.80.